The quantitative estimate of drug-likeness (QED) is 0.428. The second-order valence-corrected chi connectivity index (χ2v) is 9.18. The van der Waals surface area contributed by atoms with E-state index in [0.717, 1.165) is 6.42 Å². The van der Waals surface area contributed by atoms with Gasteiger partial charge >= 0.3 is 0 Å². The number of carbonyl (C=O) groups is 1. The molecule has 0 aliphatic carbocycles. The highest BCUT2D eigenvalue weighted by Gasteiger charge is 2.28. The summed E-state index contributed by atoms with van der Waals surface area (Å²) in [5.74, 6) is 1.01. The van der Waals surface area contributed by atoms with E-state index < -0.39 is 0 Å². The highest BCUT2D eigenvalue weighted by Crippen LogP contribution is 2.45. The maximum Gasteiger partial charge on any atom is 0.277 e. The summed E-state index contributed by atoms with van der Waals surface area (Å²) in [6, 6.07) is 3.14. The Morgan fingerprint density at radius 2 is 1.97 bits per heavy atom. The van der Waals surface area contributed by atoms with Crippen LogP contribution in [0.1, 0.15) is 12.8 Å². The van der Waals surface area contributed by atoms with Crippen LogP contribution in [0, 0.1) is 5.92 Å². The summed E-state index contributed by atoms with van der Waals surface area (Å²) in [5, 5.41) is 4.23. The Morgan fingerprint density at radius 3 is 2.61 bits per heavy atom. The summed E-state index contributed by atoms with van der Waals surface area (Å²) in [5.41, 5.74) is 0.705. The standard InChI is InChI=1S/C25H26Cl2N4O5/c1-5-15(32)8-13-6-7-36-12-16(13)29-25-28-11-14-9-17(31(2)24(33)23(14)30-25)20-21(26)18(34-3)10-19(35-4)22(20)27/h5,9-11,13,16H,1,6-8,12H2,2-4H3,(H,28,29,30)/t13-,16-/m1/s1. The van der Waals surface area contributed by atoms with Crippen LogP contribution >= 0.6 is 23.2 Å². The Kier molecular flexibility index (Phi) is 7.82. The molecule has 11 heteroatoms. The number of allylic oxidation sites excluding steroid dienone is 1. The molecule has 1 aromatic carbocycles. The van der Waals surface area contributed by atoms with Gasteiger partial charge in [-0.3, -0.25) is 9.59 Å². The van der Waals surface area contributed by atoms with Crippen molar-refractivity contribution in [1.82, 2.24) is 14.5 Å². The molecule has 1 aliphatic rings. The van der Waals surface area contributed by atoms with Crippen molar-refractivity contribution >= 4 is 45.8 Å². The molecule has 2 atom stereocenters. The summed E-state index contributed by atoms with van der Waals surface area (Å²) in [6.45, 7) is 4.54. The van der Waals surface area contributed by atoms with E-state index in [1.807, 2.05) is 0 Å². The first-order chi connectivity index (χ1) is 17.3. The molecule has 4 rings (SSSR count). The van der Waals surface area contributed by atoms with Gasteiger partial charge in [-0.25, -0.2) is 9.97 Å². The molecule has 0 spiro atoms. The molecule has 36 heavy (non-hydrogen) atoms. The van der Waals surface area contributed by atoms with Crippen LogP contribution in [-0.4, -0.2) is 53.8 Å². The number of fused-ring (bicyclic) bond motifs is 1. The molecule has 2 aromatic heterocycles. The summed E-state index contributed by atoms with van der Waals surface area (Å²) in [7, 11) is 4.57. The fourth-order valence-electron chi connectivity index (χ4n) is 4.29. The predicted octanol–water partition coefficient (Wildman–Crippen LogP) is 4.28. The number of rotatable bonds is 8. The van der Waals surface area contributed by atoms with E-state index in [1.165, 1.54) is 24.9 Å². The van der Waals surface area contributed by atoms with Crippen molar-refractivity contribution in [2.75, 3.05) is 32.8 Å². The first kappa shape index (κ1) is 25.9. The lowest BCUT2D eigenvalue weighted by molar-refractivity contribution is -0.116. The molecule has 9 nitrogen and oxygen atoms in total. The molecule has 1 N–H and O–H groups in total. The molecule has 0 unspecified atom stereocenters. The number of hydrogen-bond acceptors (Lipinski definition) is 8. The number of anilines is 1. The maximum absolute atomic E-state index is 13.4. The van der Waals surface area contributed by atoms with Gasteiger partial charge in [0.2, 0.25) is 5.95 Å². The smallest absolute Gasteiger partial charge is 0.277 e. The topological polar surface area (TPSA) is 105 Å². The minimum absolute atomic E-state index is 0.0268. The van der Waals surface area contributed by atoms with Gasteiger partial charge in [-0.15, -0.1) is 0 Å². The number of ketones is 1. The second-order valence-electron chi connectivity index (χ2n) is 8.42. The second kappa shape index (κ2) is 10.9. The van der Waals surface area contributed by atoms with Crippen molar-refractivity contribution in [2.45, 2.75) is 18.9 Å². The first-order valence-corrected chi connectivity index (χ1v) is 12.0. The summed E-state index contributed by atoms with van der Waals surface area (Å²) in [6.07, 6.45) is 3.97. The zero-order valence-corrected chi connectivity index (χ0v) is 21.7. The predicted molar refractivity (Wildman–Crippen MR) is 139 cm³/mol. The van der Waals surface area contributed by atoms with Gasteiger partial charge in [-0.1, -0.05) is 29.8 Å². The number of hydrogen-bond donors (Lipinski definition) is 1. The summed E-state index contributed by atoms with van der Waals surface area (Å²) >= 11 is 13.2. The van der Waals surface area contributed by atoms with E-state index in [4.69, 9.17) is 37.4 Å². The molecule has 190 valence electrons. The SMILES string of the molecule is C=CC(=O)C[C@H]1CCOC[C@H]1Nc1ncc2cc(-c3c(Cl)c(OC)cc(OC)c3Cl)n(C)c(=O)c2n1. The van der Waals surface area contributed by atoms with E-state index in [9.17, 15) is 9.59 Å². The number of nitrogens with one attached hydrogen (secondary N) is 1. The van der Waals surface area contributed by atoms with Gasteiger partial charge in [-0.2, -0.15) is 0 Å². The highest BCUT2D eigenvalue weighted by atomic mass is 35.5. The number of ether oxygens (including phenoxy) is 3. The average Bonchev–Trinajstić information content (AvgIpc) is 2.88. The number of nitrogens with zero attached hydrogens (tertiary/aromatic N) is 3. The molecule has 3 heterocycles. The van der Waals surface area contributed by atoms with Gasteiger partial charge in [0.25, 0.3) is 5.56 Å². The lowest BCUT2D eigenvalue weighted by Crippen LogP contribution is -2.40. The van der Waals surface area contributed by atoms with Gasteiger partial charge in [0.1, 0.15) is 17.0 Å². The van der Waals surface area contributed by atoms with E-state index in [2.05, 4.69) is 21.9 Å². The average molecular weight is 533 g/mol. The van der Waals surface area contributed by atoms with Crippen LogP contribution in [0.4, 0.5) is 5.95 Å². The van der Waals surface area contributed by atoms with Gasteiger partial charge < -0.3 is 24.1 Å². The van der Waals surface area contributed by atoms with Crippen LogP contribution in [0.25, 0.3) is 22.2 Å². The minimum atomic E-state index is -0.361. The first-order valence-electron chi connectivity index (χ1n) is 11.3. The van der Waals surface area contributed by atoms with Crippen molar-refractivity contribution in [1.29, 1.82) is 0 Å². The lowest BCUT2D eigenvalue weighted by Gasteiger charge is -2.31. The Hall–Kier alpha value is -3.14. The molecule has 0 amide bonds. The molecule has 0 radical (unpaired) electrons. The largest absolute Gasteiger partial charge is 0.495 e. The fraction of sp³-hybridized carbons (Fsp3) is 0.360. The molecule has 0 saturated carbocycles. The molecule has 1 fully saturated rings. The zero-order valence-electron chi connectivity index (χ0n) is 20.1. The van der Waals surface area contributed by atoms with E-state index in [-0.39, 0.29) is 44.8 Å². The van der Waals surface area contributed by atoms with E-state index >= 15 is 0 Å². The molecule has 1 saturated heterocycles. The van der Waals surface area contributed by atoms with E-state index in [1.54, 1.807) is 25.4 Å². The van der Waals surface area contributed by atoms with Crippen molar-refractivity contribution in [3.63, 3.8) is 0 Å². The van der Waals surface area contributed by atoms with Crippen molar-refractivity contribution in [3.8, 4) is 22.8 Å². The van der Waals surface area contributed by atoms with Crippen LogP contribution in [0.15, 0.2) is 35.8 Å². The zero-order chi connectivity index (χ0) is 26.0. The Bertz CT molecular complexity index is 1360. The van der Waals surface area contributed by atoms with Crippen LogP contribution in [0.3, 0.4) is 0 Å². The Morgan fingerprint density at radius 1 is 1.28 bits per heavy atom. The minimum Gasteiger partial charge on any atom is -0.495 e. The maximum atomic E-state index is 13.4. The Labute approximate surface area is 218 Å². The van der Waals surface area contributed by atoms with Crippen LogP contribution < -0.4 is 20.3 Å². The fourth-order valence-corrected chi connectivity index (χ4v) is 4.99. The lowest BCUT2D eigenvalue weighted by atomic mass is 9.90. The third kappa shape index (κ3) is 4.91. The van der Waals surface area contributed by atoms with Crippen molar-refractivity contribution < 1.29 is 19.0 Å². The molecule has 0 bridgehead atoms. The van der Waals surface area contributed by atoms with Gasteiger partial charge in [0.05, 0.1) is 42.6 Å². The molecule has 1 aliphatic heterocycles. The number of aromatic nitrogens is 3. The van der Waals surface area contributed by atoms with Crippen LogP contribution in [-0.2, 0) is 16.6 Å². The number of pyridine rings is 1. The molecular weight excluding hydrogens is 507 g/mol. The molecule has 3 aromatic rings. The number of methoxy groups -OCH3 is 2. The highest BCUT2D eigenvalue weighted by molar-refractivity contribution is 6.41. The molecular formula is C25H26Cl2N4O5. The summed E-state index contributed by atoms with van der Waals surface area (Å²) < 4.78 is 17.7. The van der Waals surface area contributed by atoms with Crippen LogP contribution in [0.2, 0.25) is 10.0 Å². The third-order valence-electron chi connectivity index (χ3n) is 6.31. The monoisotopic (exact) mass is 532 g/mol. The van der Waals surface area contributed by atoms with Gasteiger partial charge in [0.15, 0.2) is 5.78 Å². The number of carbonyl (C=O) groups excluding carboxylic acids is 1. The van der Waals surface area contributed by atoms with Gasteiger partial charge in [0, 0.05) is 43.3 Å². The number of halogens is 2. The Balaban J connectivity index is 1.75. The van der Waals surface area contributed by atoms with Crippen LogP contribution in [0.5, 0.6) is 11.5 Å². The normalized spacial score (nSPS) is 17.6. The van der Waals surface area contributed by atoms with Gasteiger partial charge in [-0.05, 0) is 24.5 Å². The van der Waals surface area contributed by atoms with Crippen molar-refractivity contribution in [2.24, 2.45) is 13.0 Å². The summed E-state index contributed by atoms with van der Waals surface area (Å²) in [4.78, 5) is 34.2. The number of benzene rings is 1. The van der Waals surface area contributed by atoms with Crippen molar-refractivity contribution in [3.05, 3.63) is 51.4 Å². The third-order valence-corrected chi connectivity index (χ3v) is 7.06. The van der Waals surface area contributed by atoms with E-state index in [0.29, 0.717) is 47.8 Å².